The van der Waals surface area contributed by atoms with Crippen molar-refractivity contribution < 1.29 is 23.0 Å². The number of ether oxygens (including phenoxy) is 1. The molecule has 0 aliphatic carbocycles. The van der Waals surface area contributed by atoms with Gasteiger partial charge in [0.2, 0.25) is 0 Å². The first-order chi connectivity index (χ1) is 10.9. The Labute approximate surface area is 130 Å². The Bertz CT molecular complexity index is 752. The first-order valence-electron chi connectivity index (χ1n) is 6.57. The zero-order valence-electron chi connectivity index (χ0n) is 12.1. The van der Waals surface area contributed by atoms with Gasteiger partial charge in [-0.1, -0.05) is 12.1 Å². The van der Waals surface area contributed by atoms with Crippen LogP contribution in [0.3, 0.4) is 0 Å². The number of hydrogen-bond acceptors (Lipinski definition) is 4. The number of rotatable bonds is 4. The van der Waals surface area contributed by atoms with Crippen molar-refractivity contribution in [3.63, 3.8) is 0 Å². The summed E-state index contributed by atoms with van der Waals surface area (Å²) in [6.45, 7) is 0.128. The van der Waals surface area contributed by atoms with Crippen LogP contribution >= 0.6 is 0 Å². The zero-order valence-corrected chi connectivity index (χ0v) is 12.1. The Kier molecular flexibility index (Phi) is 4.65. The molecule has 2 N–H and O–H groups in total. The molecule has 0 radical (unpaired) electrons. The smallest absolute Gasteiger partial charge is 0.416 e. The van der Waals surface area contributed by atoms with Crippen molar-refractivity contribution in [1.82, 2.24) is 0 Å². The van der Waals surface area contributed by atoms with Gasteiger partial charge >= 0.3 is 6.18 Å². The topological polar surface area (TPSA) is 65.3 Å². The summed E-state index contributed by atoms with van der Waals surface area (Å²) < 4.78 is 42.9. The average Bonchev–Trinajstić information content (AvgIpc) is 2.52. The minimum atomic E-state index is -4.50. The van der Waals surface area contributed by atoms with Crippen molar-refractivity contribution in [3.8, 4) is 17.6 Å². The van der Waals surface area contributed by atoms with Gasteiger partial charge in [0.05, 0.1) is 23.9 Å². The lowest BCUT2D eigenvalue weighted by Crippen LogP contribution is -2.07. The van der Waals surface area contributed by atoms with E-state index >= 15 is 0 Å². The molecule has 4 nitrogen and oxygen atoms in total. The molecular weight excluding hydrogens is 309 g/mol. The van der Waals surface area contributed by atoms with Gasteiger partial charge in [-0.25, -0.2) is 0 Å². The third-order valence-corrected chi connectivity index (χ3v) is 3.24. The highest BCUT2D eigenvalue weighted by molar-refractivity contribution is 5.59. The van der Waals surface area contributed by atoms with Gasteiger partial charge in [0.25, 0.3) is 0 Å². The zero-order chi connectivity index (χ0) is 17.0. The van der Waals surface area contributed by atoms with Crippen molar-refractivity contribution in [2.24, 2.45) is 0 Å². The average molecular weight is 322 g/mol. The number of aromatic hydroxyl groups is 1. The number of alkyl halides is 3. The van der Waals surface area contributed by atoms with Crippen LogP contribution in [0.5, 0.6) is 11.5 Å². The molecule has 2 aromatic carbocycles. The highest BCUT2D eigenvalue weighted by Gasteiger charge is 2.31. The molecule has 0 spiro atoms. The molecule has 2 aromatic rings. The van der Waals surface area contributed by atoms with Crippen LogP contribution in [0.4, 0.5) is 18.9 Å². The van der Waals surface area contributed by atoms with E-state index in [1.54, 1.807) is 24.3 Å². The number of methoxy groups -OCH3 is 1. The lowest BCUT2D eigenvalue weighted by molar-refractivity contribution is -0.137. The van der Waals surface area contributed by atoms with Gasteiger partial charge in [0.1, 0.15) is 6.07 Å². The first-order valence-corrected chi connectivity index (χ1v) is 6.57. The van der Waals surface area contributed by atoms with Gasteiger partial charge in [-0.15, -0.1) is 0 Å². The fourth-order valence-corrected chi connectivity index (χ4v) is 2.03. The SMILES string of the molecule is COc1cccc(CNc2ccc(C(F)(F)F)cc2C#N)c1O. The summed E-state index contributed by atoms with van der Waals surface area (Å²) in [7, 11) is 1.41. The van der Waals surface area contributed by atoms with Gasteiger partial charge in [0, 0.05) is 12.1 Å². The molecule has 0 amide bonds. The molecule has 0 unspecified atom stereocenters. The maximum Gasteiger partial charge on any atom is 0.416 e. The molecule has 0 aliphatic rings. The van der Waals surface area contributed by atoms with Crippen molar-refractivity contribution in [2.75, 3.05) is 12.4 Å². The number of benzene rings is 2. The van der Waals surface area contributed by atoms with E-state index in [0.29, 0.717) is 5.56 Å². The van der Waals surface area contributed by atoms with Gasteiger partial charge in [0.15, 0.2) is 11.5 Å². The lowest BCUT2D eigenvalue weighted by atomic mass is 10.1. The highest BCUT2D eigenvalue weighted by atomic mass is 19.4. The third kappa shape index (κ3) is 3.66. The Morgan fingerprint density at radius 2 is 2.00 bits per heavy atom. The standard InChI is InChI=1S/C16H13F3N2O2/c1-23-14-4-2-3-10(15(14)22)9-21-13-6-5-12(16(17,18)19)7-11(13)8-20/h2-7,21-22H,9H2,1H3. The second-order valence-corrected chi connectivity index (χ2v) is 4.69. The largest absolute Gasteiger partial charge is 0.504 e. The van der Waals surface area contributed by atoms with Crippen molar-refractivity contribution in [1.29, 1.82) is 5.26 Å². The molecule has 7 heteroatoms. The Hall–Kier alpha value is -2.88. The third-order valence-electron chi connectivity index (χ3n) is 3.24. The molecule has 0 aromatic heterocycles. The summed E-state index contributed by atoms with van der Waals surface area (Å²) in [6.07, 6.45) is -4.50. The fraction of sp³-hybridized carbons (Fsp3) is 0.188. The van der Waals surface area contributed by atoms with Crippen LogP contribution in [-0.4, -0.2) is 12.2 Å². The summed E-state index contributed by atoms with van der Waals surface area (Å²) in [4.78, 5) is 0. The number of phenols is 1. The molecule has 0 saturated carbocycles. The molecule has 23 heavy (non-hydrogen) atoms. The fourth-order valence-electron chi connectivity index (χ4n) is 2.03. The van der Waals surface area contributed by atoms with Crippen molar-refractivity contribution in [2.45, 2.75) is 12.7 Å². The molecule has 0 heterocycles. The minimum absolute atomic E-state index is 0.0621. The predicted octanol–water partition coefficient (Wildman–Crippen LogP) is 3.90. The molecule has 120 valence electrons. The van der Waals surface area contributed by atoms with E-state index in [2.05, 4.69) is 5.32 Å². The van der Waals surface area contributed by atoms with Crippen LogP contribution in [0.1, 0.15) is 16.7 Å². The Morgan fingerprint density at radius 1 is 1.26 bits per heavy atom. The van der Waals surface area contributed by atoms with Crippen LogP contribution in [-0.2, 0) is 12.7 Å². The van der Waals surface area contributed by atoms with E-state index in [0.717, 1.165) is 12.1 Å². The van der Waals surface area contributed by atoms with E-state index in [1.807, 2.05) is 0 Å². The molecule has 0 aliphatic heterocycles. The highest BCUT2D eigenvalue weighted by Crippen LogP contribution is 2.33. The normalized spacial score (nSPS) is 10.9. The van der Waals surface area contributed by atoms with E-state index in [-0.39, 0.29) is 29.3 Å². The summed E-state index contributed by atoms with van der Waals surface area (Å²) in [6, 6.07) is 9.50. The molecule has 2 rings (SSSR count). The summed E-state index contributed by atoms with van der Waals surface area (Å²) >= 11 is 0. The van der Waals surface area contributed by atoms with E-state index in [9.17, 15) is 18.3 Å². The van der Waals surface area contributed by atoms with Gasteiger partial charge in [-0.05, 0) is 24.3 Å². The predicted molar refractivity (Wildman–Crippen MR) is 78.1 cm³/mol. The maximum absolute atomic E-state index is 12.6. The van der Waals surface area contributed by atoms with Crippen LogP contribution in [0.25, 0.3) is 0 Å². The van der Waals surface area contributed by atoms with Gasteiger partial charge in [-0.2, -0.15) is 18.4 Å². The number of para-hydroxylation sites is 1. The summed E-state index contributed by atoms with van der Waals surface area (Å²) in [5.41, 5.74) is -0.262. The quantitative estimate of drug-likeness (QED) is 0.896. The van der Waals surface area contributed by atoms with Crippen LogP contribution < -0.4 is 10.1 Å². The van der Waals surface area contributed by atoms with Gasteiger partial charge < -0.3 is 15.2 Å². The van der Waals surface area contributed by atoms with Crippen LogP contribution in [0.2, 0.25) is 0 Å². The number of hydrogen-bond donors (Lipinski definition) is 2. The minimum Gasteiger partial charge on any atom is -0.504 e. The Balaban J connectivity index is 2.23. The van der Waals surface area contributed by atoms with Crippen molar-refractivity contribution >= 4 is 5.69 Å². The second kappa shape index (κ2) is 6.48. The number of phenolic OH excluding ortho intramolecular Hbond substituents is 1. The van der Waals surface area contributed by atoms with Crippen LogP contribution in [0, 0.1) is 11.3 Å². The van der Waals surface area contributed by atoms with E-state index in [1.165, 1.54) is 13.2 Å². The molecule has 0 fully saturated rings. The number of anilines is 1. The number of halogens is 3. The number of nitriles is 1. The van der Waals surface area contributed by atoms with Crippen LogP contribution in [0.15, 0.2) is 36.4 Å². The second-order valence-electron chi connectivity index (χ2n) is 4.69. The molecular formula is C16H13F3N2O2. The number of nitrogens with zero attached hydrogens (tertiary/aromatic N) is 1. The van der Waals surface area contributed by atoms with Gasteiger partial charge in [-0.3, -0.25) is 0 Å². The molecule has 0 saturated heterocycles. The molecule has 0 bridgehead atoms. The van der Waals surface area contributed by atoms with E-state index in [4.69, 9.17) is 10.00 Å². The lowest BCUT2D eigenvalue weighted by Gasteiger charge is -2.13. The monoisotopic (exact) mass is 322 g/mol. The molecule has 0 atom stereocenters. The Morgan fingerprint density at radius 3 is 2.61 bits per heavy atom. The summed E-state index contributed by atoms with van der Waals surface area (Å²) in [5, 5.41) is 21.8. The maximum atomic E-state index is 12.6. The summed E-state index contributed by atoms with van der Waals surface area (Å²) in [5.74, 6) is 0.227. The van der Waals surface area contributed by atoms with Crippen molar-refractivity contribution in [3.05, 3.63) is 53.1 Å². The van der Waals surface area contributed by atoms with E-state index < -0.39 is 11.7 Å². The first kappa shape index (κ1) is 16.5. The number of nitrogens with one attached hydrogen (secondary N) is 1.